The standard InChI is InChI=1S/C31H32N2O8S/c1-17(2)27(31(36)40-6)33(42(37)38)23-13-9-21(10-14-23)20-7-11-22(12-8-20)32-30(35)28-18(3)26-25(41-28)16-15-24(19(4)34)29(26)39-5/h7-17,27H,1-6H3,(H,32,35)(H,37,38)/p-1. The second kappa shape index (κ2) is 12.6. The van der Waals surface area contributed by atoms with E-state index in [0.29, 0.717) is 39.2 Å². The lowest BCUT2D eigenvalue weighted by Gasteiger charge is -2.35. The zero-order valence-corrected chi connectivity index (χ0v) is 24.9. The molecule has 2 unspecified atom stereocenters. The number of aryl methyl sites for hydroxylation is 1. The first-order valence-electron chi connectivity index (χ1n) is 13.1. The smallest absolute Gasteiger partial charge is 0.329 e. The second-order valence-electron chi connectivity index (χ2n) is 9.97. The minimum atomic E-state index is -2.70. The lowest BCUT2D eigenvalue weighted by Crippen LogP contribution is -2.46. The van der Waals surface area contributed by atoms with Gasteiger partial charge in [0.15, 0.2) is 11.5 Å². The molecule has 0 bridgehead atoms. The Kier molecular flexibility index (Phi) is 9.13. The fourth-order valence-corrected chi connectivity index (χ4v) is 5.65. The molecule has 42 heavy (non-hydrogen) atoms. The summed E-state index contributed by atoms with van der Waals surface area (Å²) >= 11 is -2.70. The first kappa shape index (κ1) is 30.5. The monoisotopic (exact) mass is 591 g/mol. The third kappa shape index (κ3) is 5.93. The van der Waals surface area contributed by atoms with Gasteiger partial charge in [0.2, 0.25) is 0 Å². The number of benzene rings is 3. The molecule has 1 heterocycles. The molecule has 0 saturated heterocycles. The molecular formula is C31H31N2O8S-. The van der Waals surface area contributed by atoms with Crippen LogP contribution < -0.4 is 14.4 Å². The highest BCUT2D eigenvalue weighted by atomic mass is 32.2. The third-order valence-corrected chi connectivity index (χ3v) is 7.68. The number of nitrogens with one attached hydrogen (secondary N) is 1. The van der Waals surface area contributed by atoms with Crippen LogP contribution in [-0.2, 0) is 20.8 Å². The van der Waals surface area contributed by atoms with Gasteiger partial charge in [0.1, 0.15) is 17.4 Å². The minimum Gasteiger partial charge on any atom is -0.755 e. The van der Waals surface area contributed by atoms with E-state index in [1.807, 2.05) is 12.1 Å². The van der Waals surface area contributed by atoms with E-state index < -0.39 is 29.2 Å². The summed E-state index contributed by atoms with van der Waals surface area (Å²) in [5.74, 6) is -1.10. The molecule has 0 spiro atoms. The first-order chi connectivity index (χ1) is 20.0. The average Bonchev–Trinajstić information content (AvgIpc) is 3.31. The van der Waals surface area contributed by atoms with E-state index in [4.69, 9.17) is 13.9 Å². The van der Waals surface area contributed by atoms with Crippen molar-refractivity contribution < 1.29 is 37.0 Å². The molecule has 11 heteroatoms. The fraction of sp³-hybridized carbons (Fsp3) is 0.258. The predicted octanol–water partition coefficient (Wildman–Crippen LogP) is 5.67. The van der Waals surface area contributed by atoms with Crippen molar-refractivity contribution in [1.29, 1.82) is 0 Å². The second-order valence-corrected chi connectivity index (χ2v) is 10.8. The van der Waals surface area contributed by atoms with Crippen LogP contribution in [0.4, 0.5) is 11.4 Å². The third-order valence-electron chi connectivity index (χ3n) is 6.92. The number of fused-ring (bicyclic) bond motifs is 1. The Labute approximate surface area is 246 Å². The van der Waals surface area contributed by atoms with Crippen LogP contribution in [0.3, 0.4) is 0 Å². The number of ether oxygens (including phenoxy) is 2. The molecule has 10 nitrogen and oxygen atoms in total. The molecule has 0 radical (unpaired) electrons. The van der Waals surface area contributed by atoms with E-state index in [9.17, 15) is 23.1 Å². The van der Waals surface area contributed by atoms with Crippen molar-refractivity contribution in [3.8, 4) is 16.9 Å². The van der Waals surface area contributed by atoms with Crippen LogP contribution in [0.5, 0.6) is 5.75 Å². The maximum Gasteiger partial charge on any atom is 0.329 e. The first-order valence-corrected chi connectivity index (χ1v) is 14.1. The Hall–Kier alpha value is -4.48. The van der Waals surface area contributed by atoms with Crippen LogP contribution in [0.25, 0.3) is 22.1 Å². The summed E-state index contributed by atoms with van der Waals surface area (Å²) in [6.45, 7) is 6.67. The number of rotatable bonds is 10. The van der Waals surface area contributed by atoms with Crippen molar-refractivity contribution in [2.75, 3.05) is 23.8 Å². The fourth-order valence-electron chi connectivity index (χ4n) is 4.84. The molecule has 1 amide bonds. The van der Waals surface area contributed by atoms with Crippen LogP contribution in [0, 0.1) is 12.8 Å². The van der Waals surface area contributed by atoms with E-state index in [2.05, 4.69) is 5.32 Å². The molecule has 4 rings (SSSR count). The quantitative estimate of drug-likeness (QED) is 0.141. The lowest BCUT2D eigenvalue weighted by atomic mass is 10.0. The van der Waals surface area contributed by atoms with E-state index in [1.165, 1.54) is 21.1 Å². The largest absolute Gasteiger partial charge is 0.755 e. The van der Waals surface area contributed by atoms with Crippen molar-refractivity contribution in [2.45, 2.75) is 33.7 Å². The van der Waals surface area contributed by atoms with Gasteiger partial charge in [-0.3, -0.25) is 18.1 Å². The molecule has 220 valence electrons. The van der Waals surface area contributed by atoms with Crippen molar-refractivity contribution in [1.82, 2.24) is 0 Å². The number of hydrogen-bond donors (Lipinski definition) is 1. The molecule has 0 aliphatic heterocycles. The predicted molar refractivity (Wildman–Crippen MR) is 159 cm³/mol. The maximum atomic E-state index is 13.1. The number of carbonyl (C=O) groups excluding carboxylic acids is 3. The topological polar surface area (TPSA) is 138 Å². The van der Waals surface area contributed by atoms with Crippen LogP contribution in [0.2, 0.25) is 0 Å². The zero-order valence-electron chi connectivity index (χ0n) is 24.0. The van der Waals surface area contributed by atoms with Crippen molar-refractivity contribution in [3.63, 3.8) is 0 Å². The van der Waals surface area contributed by atoms with E-state index >= 15 is 0 Å². The Balaban J connectivity index is 1.54. The Morgan fingerprint density at radius 3 is 2.05 bits per heavy atom. The SMILES string of the molecule is COC(=O)C(C(C)C)N(c1ccc(-c2ccc(NC(=O)c3oc4ccc(C(C)=O)c(OC)c4c3C)cc2)cc1)S(=O)[O-]. The molecule has 3 aromatic carbocycles. The van der Waals surface area contributed by atoms with Crippen molar-refractivity contribution >= 4 is 51.3 Å². The summed E-state index contributed by atoms with van der Waals surface area (Å²) in [6.07, 6.45) is 0. The number of anilines is 2. The van der Waals surface area contributed by atoms with Crippen molar-refractivity contribution in [3.05, 3.63) is 77.6 Å². The molecule has 1 aromatic heterocycles. The molecule has 4 aromatic rings. The molecule has 0 saturated carbocycles. The molecule has 0 fully saturated rings. The summed E-state index contributed by atoms with van der Waals surface area (Å²) in [6, 6.07) is 16.1. The Bertz CT molecular complexity index is 1660. The minimum absolute atomic E-state index is 0.107. The van der Waals surface area contributed by atoms with Gasteiger partial charge in [0.25, 0.3) is 5.91 Å². The Morgan fingerprint density at radius 2 is 1.55 bits per heavy atom. The summed E-state index contributed by atoms with van der Waals surface area (Å²) in [4.78, 5) is 37.4. The van der Waals surface area contributed by atoms with Gasteiger partial charge in [-0.05, 0) is 67.3 Å². The highest BCUT2D eigenvalue weighted by Gasteiger charge is 2.31. The normalized spacial score (nSPS) is 12.6. The summed E-state index contributed by atoms with van der Waals surface area (Å²) in [7, 11) is 2.69. The number of hydrogen-bond acceptors (Lipinski definition) is 8. The highest BCUT2D eigenvalue weighted by molar-refractivity contribution is 7.80. The van der Waals surface area contributed by atoms with Gasteiger partial charge in [0.05, 0.1) is 25.2 Å². The van der Waals surface area contributed by atoms with Gasteiger partial charge in [-0.15, -0.1) is 0 Å². The number of amides is 1. The van der Waals surface area contributed by atoms with Gasteiger partial charge in [0, 0.05) is 28.2 Å². The summed E-state index contributed by atoms with van der Waals surface area (Å²) < 4.78 is 41.2. The van der Waals surface area contributed by atoms with Crippen LogP contribution >= 0.6 is 0 Å². The number of furan rings is 1. The van der Waals surface area contributed by atoms with Gasteiger partial charge in [-0.2, -0.15) is 0 Å². The number of esters is 1. The van der Waals surface area contributed by atoms with Gasteiger partial charge in [-0.1, -0.05) is 38.1 Å². The molecule has 2 atom stereocenters. The van der Waals surface area contributed by atoms with E-state index in [1.54, 1.807) is 69.3 Å². The number of carbonyl (C=O) groups is 3. The summed E-state index contributed by atoms with van der Waals surface area (Å²) in [5, 5.41) is 3.40. The number of Topliss-reactive ketones (excluding diaryl/α,β-unsaturated/α-hetero) is 1. The van der Waals surface area contributed by atoms with E-state index in [-0.39, 0.29) is 17.5 Å². The molecule has 0 aliphatic rings. The highest BCUT2D eigenvalue weighted by Crippen LogP contribution is 2.36. The van der Waals surface area contributed by atoms with Gasteiger partial charge < -0.3 is 23.8 Å². The molecule has 0 aliphatic carbocycles. The van der Waals surface area contributed by atoms with E-state index in [0.717, 1.165) is 15.4 Å². The number of ketones is 1. The van der Waals surface area contributed by atoms with Gasteiger partial charge >= 0.3 is 5.97 Å². The number of methoxy groups -OCH3 is 2. The van der Waals surface area contributed by atoms with Crippen molar-refractivity contribution in [2.24, 2.45) is 5.92 Å². The Morgan fingerprint density at radius 1 is 0.952 bits per heavy atom. The van der Waals surface area contributed by atoms with Crippen LogP contribution in [0.15, 0.2) is 65.1 Å². The van der Waals surface area contributed by atoms with Crippen LogP contribution in [-0.4, -0.2) is 46.7 Å². The molecular weight excluding hydrogens is 560 g/mol. The average molecular weight is 592 g/mol. The molecule has 1 N–H and O–H groups in total. The van der Waals surface area contributed by atoms with Gasteiger partial charge in [-0.25, -0.2) is 4.79 Å². The summed E-state index contributed by atoms with van der Waals surface area (Å²) in [5.41, 5.74) is 3.87. The van der Waals surface area contributed by atoms with Crippen LogP contribution in [0.1, 0.15) is 47.2 Å². The number of nitrogens with zero attached hydrogens (tertiary/aromatic N) is 1. The maximum absolute atomic E-state index is 13.1. The zero-order chi connectivity index (χ0) is 30.7. The lowest BCUT2D eigenvalue weighted by molar-refractivity contribution is -0.143.